The van der Waals surface area contributed by atoms with Crippen LogP contribution in [0.4, 0.5) is 0 Å². The Morgan fingerprint density at radius 3 is 2.29 bits per heavy atom. The Kier molecular flexibility index (Phi) is 7.36. The van der Waals surface area contributed by atoms with Crippen molar-refractivity contribution in [2.24, 2.45) is 0 Å². The molecule has 0 heterocycles. The molecule has 0 aliphatic rings. The van der Waals surface area contributed by atoms with Crippen molar-refractivity contribution in [1.29, 1.82) is 0 Å². The summed E-state index contributed by atoms with van der Waals surface area (Å²) in [5, 5.41) is 3.38. The van der Waals surface area contributed by atoms with Crippen LogP contribution in [0.2, 0.25) is 0 Å². The van der Waals surface area contributed by atoms with E-state index >= 15 is 0 Å². The molecule has 0 amide bonds. The summed E-state index contributed by atoms with van der Waals surface area (Å²) in [6.45, 7) is 11.2. The summed E-state index contributed by atoms with van der Waals surface area (Å²) in [7, 11) is 6.34. The van der Waals surface area contributed by atoms with Gasteiger partial charge < -0.3 is 10.2 Å². The van der Waals surface area contributed by atoms with Gasteiger partial charge in [-0.3, -0.25) is 4.90 Å². The molecule has 0 aliphatic heterocycles. The third-order valence-electron chi connectivity index (χ3n) is 4.25. The molecule has 3 heteroatoms. The van der Waals surface area contributed by atoms with Crippen molar-refractivity contribution < 1.29 is 0 Å². The van der Waals surface area contributed by atoms with E-state index in [4.69, 9.17) is 0 Å². The van der Waals surface area contributed by atoms with Gasteiger partial charge in [-0.2, -0.15) is 0 Å². The highest BCUT2D eigenvalue weighted by molar-refractivity contribution is 5.25. The molecule has 0 bridgehead atoms. The molecule has 3 nitrogen and oxygen atoms in total. The Morgan fingerprint density at radius 2 is 1.81 bits per heavy atom. The first-order valence-electron chi connectivity index (χ1n) is 8.02. The molecule has 120 valence electrons. The molecule has 1 N–H and O–H groups in total. The number of nitrogens with zero attached hydrogens (tertiary/aromatic N) is 2. The SMILES string of the molecule is CCN(CC(C)(CNC)c1ccccc1)C(C)CN(C)C. The van der Waals surface area contributed by atoms with Crippen LogP contribution >= 0.6 is 0 Å². The van der Waals surface area contributed by atoms with Gasteiger partial charge in [0, 0.05) is 31.1 Å². The lowest BCUT2D eigenvalue weighted by Crippen LogP contribution is -2.49. The average molecular weight is 291 g/mol. The third kappa shape index (κ3) is 5.42. The van der Waals surface area contributed by atoms with Crippen LogP contribution in [-0.2, 0) is 5.41 Å². The van der Waals surface area contributed by atoms with E-state index in [0.29, 0.717) is 6.04 Å². The monoisotopic (exact) mass is 291 g/mol. The fraction of sp³-hybridized carbons (Fsp3) is 0.667. The second kappa shape index (κ2) is 8.52. The summed E-state index contributed by atoms with van der Waals surface area (Å²) in [5.41, 5.74) is 1.54. The molecule has 0 saturated carbocycles. The minimum atomic E-state index is 0.132. The smallest absolute Gasteiger partial charge is 0.0194 e. The van der Waals surface area contributed by atoms with Crippen molar-refractivity contribution in [3.63, 3.8) is 0 Å². The van der Waals surface area contributed by atoms with Gasteiger partial charge in [-0.15, -0.1) is 0 Å². The maximum absolute atomic E-state index is 3.38. The van der Waals surface area contributed by atoms with Gasteiger partial charge in [0.15, 0.2) is 0 Å². The van der Waals surface area contributed by atoms with Crippen LogP contribution in [0.5, 0.6) is 0 Å². The zero-order valence-corrected chi connectivity index (χ0v) is 14.7. The van der Waals surface area contributed by atoms with Gasteiger partial charge in [0.05, 0.1) is 0 Å². The Morgan fingerprint density at radius 1 is 1.19 bits per heavy atom. The first-order valence-corrected chi connectivity index (χ1v) is 8.02. The molecule has 0 radical (unpaired) electrons. The van der Waals surface area contributed by atoms with E-state index in [-0.39, 0.29) is 5.41 Å². The lowest BCUT2D eigenvalue weighted by molar-refractivity contribution is 0.147. The molecule has 0 aromatic heterocycles. The van der Waals surface area contributed by atoms with E-state index in [0.717, 1.165) is 26.2 Å². The third-order valence-corrected chi connectivity index (χ3v) is 4.25. The molecular formula is C18H33N3. The summed E-state index contributed by atoms with van der Waals surface area (Å²) in [6.07, 6.45) is 0. The molecule has 0 saturated heterocycles. The first-order chi connectivity index (χ1) is 9.92. The van der Waals surface area contributed by atoms with Crippen LogP contribution < -0.4 is 5.32 Å². The largest absolute Gasteiger partial charge is 0.319 e. The summed E-state index contributed by atoms with van der Waals surface area (Å²) >= 11 is 0. The molecule has 0 fully saturated rings. The second-order valence-electron chi connectivity index (χ2n) is 6.63. The minimum Gasteiger partial charge on any atom is -0.319 e. The fourth-order valence-corrected chi connectivity index (χ4v) is 3.15. The van der Waals surface area contributed by atoms with E-state index < -0.39 is 0 Å². The summed E-state index contributed by atoms with van der Waals surface area (Å²) < 4.78 is 0. The van der Waals surface area contributed by atoms with Gasteiger partial charge in [-0.25, -0.2) is 0 Å². The molecule has 21 heavy (non-hydrogen) atoms. The van der Waals surface area contributed by atoms with Gasteiger partial charge in [0.2, 0.25) is 0 Å². The van der Waals surface area contributed by atoms with E-state index in [1.54, 1.807) is 0 Å². The van der Waals surface area contributed by atoms with Crippen molar-refractivity contribution in [3.05, 3.63) is 35.9 Å². The number of hydrogen-bond donors (Lipinski definition) is 1. The van der Waals surface area contributed by atoms with Crippen molar-refractivity contribution >= 4 is 0 Å². The predicted molar refractivity (Wildman–Crippen MR) is 93.0 cm³/mol. The van der Waals surface area contributed by atoms with E-state index in [1.165, 1.54) is 5.56 Å². The molecule has 2 unspecified atom stereocenters. The second-order valence-corrected chi connectivity index (χ2v) is 6.63. The molecule has 1 aromatic carbocycles. The molecule has 0 spiro atoms. The molecule has 2 atom stereocenters. The number of likely N-dealkylation sites (N-methyl/N-ethyl adjacent to an activating group) is 3. The number of rotatable bonds is 9. The van der Waals surface area contributed by atoms with E-state index in [1.807, 2.05) is 7.05 Å². The van der Waals surface area contributed by atoms with Crippen LogP contribution in [0.1, 0.15) is 26.3 Å². The van der Waals surface area contributed by atoms with Crippen LogP contribution in [0.25, 0.3) is 0 Å². The minimum absolute atomic E-state index is 0.132. The van der Waals surface area contributed by atoms with Crippen LogP contribution in [0.3, 0.4) is 0 Å². The van der Waals surface area contributed by atoms with Crippen LogP contribution in [0.15, 0.2) is 30.3 Å². The van der Waals surface area contributed by atoms with Crippen LogP contribution in [-0.4, -0.2) is 63.2 Å². The summed E-state index contributed by atoms with van der Waals surface area (Å²) in [4.78, 5) is 4.86. The van der Waals surface area contributed by atoms with Crippen molar-refractivity contribution in [1.82, 2.24) is 15.1 Å². The lowest BCUT2D eigenvalue weighted by Gasteiger charge is -2.39. The van der Waals surface area contributed by atoms with Gasteiger partial charge in [0.1, 0.15) is 0 Å². The summed E-state index contributed by atoms with van der Waals surface area (Å²) in [6, 6.07) is 11.4. The number of hydrogen-bond acceptors (Lipinski definition) is 3. The zero-order chi connectivity index (χ0) is 15.9. The Hall–Kier alpha value is -0.900. The predicted octanol–water partition coefficient (Wildman–Crippen LogP) is 2.44. The quantitative estimate of drug-likeness (QED) is 0.754. The number of benzene rings is 1. The Labute approximate surface area is 131 Å². The van der Waals surface area contributed by atoms with Crippen LogP contribution in [0, 0.1) is 0 Å². The normalized spacial score (nSPS) is 16.2. The fourth-order valence-electron chi connectivity index (χ4n) is 3.15. The Bertz CT molecular complexity index is 391. The maximum Gasteiger partial charge on any atom is 0.0194 e. The van der Waals surface area contributed by atoms with Crippen molar-refractivity contribution in [2.45, 2.75) is 32.2 Å². The highest BCUT2D eigenvalue weighted by atomic mass is 15.2. The topological polar surface area (TPSA) is 18.5 Å². The molecule has 0 aliphatic carbocycles. The first kappa shape index (κ1) is 18.1. The van der Waals surface area contributed by atoms with E-state index in [2.05, 4.69) is 80.3 Å². The summed E-state index contributed by atoms with van der Waals surface area (Å²) in [5.74, 6) is 0. The van der Waals surface area contributed by atoms with Gasteiger partial charge >= 0.3 is 0 Å². The zero-order valence-electron chi connectivity index (χ0n) is 14.7. The molecule has 1 rings (SSSR count). The molecular weight excluding hydrogens is 258 g/mol. The van der Waals surface area contributed by atoms with E-state index in [9.17, 15) is 0 Å². The Balaban J connectivity index is 2.90. The number of nitrogens with one attached hydrogen (secondary N) is 1. The van der Waals surface area contributed by atoms with Gasteiger partial charge in [-0.05, 0) is 40.2 Å². The van der Waals surface area contributed by atoms with Crippen molar-refractivity contribution in [2.75, 3.05) is 47.3 Å². The maximum atomic E-state index is 3.38. The highest BCUT2D eigenvalue weighted by Gasteiger charge is 2.29. The standard InChI is InChI=1S/C18H33N3/c1-7-21(16(2)13-20(5)6)15-18(3,14-19-4)17-11-9-8-10-12-17/h8-12,16,19H,7,13-15H2,1-6H3. The highest BCUT2D eigenvalue weighted by Crippen LogP contribution is 2.25. The average Bonchev–Trinajstić information content (AvgIpc) is 2.45. The van der Waals surface area contributed by atoms with Gasteiger partial charge in [-0.1, -0.05) is 44.2 Å². The molecule has 1 aromatic rings. The van der Waals surface area contributed by atoms with Crippen molar-refractivity contribution in [3.8, 4) is 0 Å². The lowest BCUT2D eigenvalue weighted by atomic mass is 9.81. The van der Waals surface area contributed by atoms with Gasteiger partial charge in [0.25, 0.3) is 0 Å².